The highest BCUT2D eigenvalue weighted by Gasteiger charge is 2.30. The summed E-state index contributed by atoms with van der Waals surface area (Å²) in [6.45, 7) is 0. The highest BCUT2D eigenvalue weighted by Crippen LogP contribution is 2.14. The highest BCUT2D eigenvalue weighted by atomic mass is 28.4. The normalized spacial score (nSPS) is 13.1. The quantitative estimate of drug-likeness (QED) is 0.339. The summed E-state index contributed by atoms with van der Waals surface area (Å²) >= 11 is 0. The first-order valence-electron chi connectivity index (χ1n) is 5.33. The van der Waals surface area contributed by atoms with Gasteiger partial charge in [-0.05, 0) is 12.8 Å². The lowest BCUT2D eigenvalue weighted by molar-refractivity contribution is 0.180. The summed E-state index contributed by atoms with van der Waals surface area (Å²) in [5.41, 5.74) is 0. The van der Waals surface area contributed by atoms with Crippen molar-refractivity contribution < 1.29 is 28.0 Å². The molecule has 0 saturated carbocycles. The van der Waals surface area contributed by atoms with Crippen LogP contribution in [0.1, 0.15) is 25.7 Å². The molecule has 0 aromatic heterocycles. The van der Waals surface area contributed by atoms with E-state index in [1.54, 1.807) is 0 Å². The van der Waals surface area contributed by atoms with Gasteiger partial charge < -0.3 is 28.0 Å². The summed E-state index contributed by atoms with van der Waals surface area (Å²) in [6, 6.07) is 0.573. The monoisotopic (exact) mass is 270 g/mol. The minimum absolute atomic E-state index is 0.286. The molecule has 0 aliphatic carbocycles. The van der Waals surface area contributed by atoms with Gasteiger partial charge in [0.15, 0.2) is 0 Å². The summed E-state index contributed by atoms with van der Waals surface area (Å²) < 4.78 is 9.15. The van der Waals surface area contributed by atoms with Crippen molar-refractivity contribution in [3.63, 3.8) is 0 Å². The predicted molar refractivity (Wildman–Crippen MR) is 62.5 cm³/mol. The maximum atomic E-state index is 9.23. The van der Waals surface area contributed by atoms with Gasteiger partial charge in [0, 0.05) is 26.3 Å². The first-order valence-corrected chi connectivity index (χ1v) is 9.35. The number of hydrogen-bond donors (Lipinski definition) is 4. The van der Waals surface area contributed by atoms with Crippen LogP contribution in [0.15, 0.2) is 0 Å². The summed E-state index contributed by atoms with van der Waals surface area (Å²) in [5.74, 6) is 0. The van der Waals surface area contributed by atoms with E-state index in [0.29, 0.717) is 12.8 Å². The molecule has 0 atom stereocenters. The van der Waals surface area contributed by atoms with Gasteiger partial charge in [0.2, 0.25) is 0 Å². The fraction of sp³-hybridized carbons (Fsp3) is 1.00. The van der Waals surface area contributed by atoms with E-state index in [4.69, 9.17) is 0 Å². The van der Waals surface area contributed by atoms with Crippen molar-refractivity contribution in [1.29, 1.82) is 0 Å². The van der Waals surface area contributed by atoms with Crippen molar-refractivity contribution in [3.8, 4) is 0 Å². The molecule has 4 N–H and O–H groups in total. The Hall–Kier alpha value is 0.194. The zero-order chi connectivity index (χ0) is 12.7. The first kappa shape index (κ1) is 16.2. The van der Waals surface area contributed by atoms with Crippen molar-refractivity contribution in [2.45, 2.75) is 37.8 Å². The molecular formula is C8H22O6Si2. The highest BCUT2D eigenvalue weighted by molar-refractivity contribution is 6.57. The van der Waals surface area contributed by atoms with Crippen LogP contribution in [0, 0.1) is 0 Å². The Bertz CT molecular complexity index is 167. The van der Waals surface area contributed by atoms with E-state index in [1.165, 1.54) is 14.2 Å². The molecule has 0 heterocycles. The van der Waals surface area contributed by atoms with Gasteiger partial charge in [0.05, 0.1) is 0 Å². The number of rotatable bonds is 9. The van der Waals surface area contributed by atoms with Crippen molar-refractivity contribution in [1.82, 2.24) is 0 Å². The molecule has 0 aromatic rings. The lowest BCUT2D eigenvalue weighted by Crippen LogP contribution is -2.37. The van der Waals surface area contributed by atoms with E-state index in [9.17, 15) is 19.2 Å². The molecule has 0 amide bonds. The van der Waals surface area contributed by atoms with E-state index in [2.05, 4.69) is 8.85 Å². The fourth-order valence-electron chi connectivity index (χ4n) is 1.27. The molecule has 6 nitrogen and oxygen atoms in total. The second-order valence-corrected chi connectivity index (χ2v) is 8.60. The first-order chi connectivity index (χ1) is 7.33. The second kappa shape index (κ2) is 7.51. The minimum Gasteiger partial charge on any atom is -0.390 e. The van der Waals surface area contributed by atoms with Gasteiger partial charge in [0.1, 0.15) is 0 Å². The predicted octanol–water partition coefficient (Wildman–Crippen LogP) is -0.313. The Kier molecular flexibility index (Phi) is 7.60. The largest absolute Gasteiger partial charge is 0.495 e. The molecule has 0 bridgehead atoms. The Morgan fingerprint density at radius 1 is 0.688 bits per heavy atom. The van der Waals surface area contributed by atoms with Crippen LogP contribution >= 0.6 is 0 Å². The summed E-state index contributed by atoms with van der Waals surface area (Å²) in [5, 5.41) is 0. The molecule has 0 fully saturated rings. The van der Waals surface area contributed by atoms with E-state index >= 15 is 0 Å². The van der Waals surface area contributed by atoms with Gasteiger partial charge in [-0.3, -0.25) is 0 Å². The topological polar surface area (TPSA) is 99.4 Å². The molecule has 0 rings (SSSR count). The van der Waals surface area contributed by atoms with E-state index in [1.807, 2.05) is 0 Å². The molecule has 0 radical (unpaired) electrons. The third-order valence-electron chi connectivity index (χ3n) is 2.41. The average Bonchev–Trinajstić information content (AvgIpc) is 2.23. The molecule has 0 aromatic carbocycles. The molecule has 98 valence electrons. The van der Waals surface area contributed by atoms with Crippen LogP contribution in [0.3, 0.4) is 0 Å². The molecule has 8 heteroatoms. The molecule has 0 aliphatic rings. The molecular weight excluding hydrogens is 248 g/mol. The molecule has 0 aliphatic heterocycles. The number of unbranched alkanes of at least 4 members (excludes halogenated alkanes) is 3. The average molecular weight is 270 g/mol. The van der Waals surface area contributed by atoms with Crippen LogP contribution in [-0.4, -0.2) is 51.0 Å². The Labute approximate surface area is 98.2 Å². The number of hydrogen-bond acceptors (Lipinski definition) is 6. The molecule has 16 heavy (non-hydrogen) atoms. The van der Waals surface area contributed by atoms with Crippen LogP contribution in [-0.2, 0) is 8.85 Å². The third-order valence-corrected chi connectivity index (χ3v) is 5.73. The fourth-order valence-corrected chi connectivity index (χ4v) is 3.10. The van der Waals surface area contributed by atoms with E-state index in [-0.39, 0.29) is 12.1 Å². The summed E-state index contributed by atoms with van der Waals surface area (Å²) in [7, 11) is -4.20. The van der Waals surface area contributed by atoms with Gasteiger partial charge in [-0.2, -0.15) is 0 Å². The Morgan fingerprint density at radius 2 is 1.00 bits per heavy atom. The Morgan fingerprint density at radius 3 is 1.25 bits per heavy atom. The lowest BCUT2D eigenvalue weighted by Gasteiger charge is -2.15. The standard InChI is InChI=1S/C8H22O6Si2/c1-13-15(9,10)7-5-3-4-6-8-16(11,12)14-2/h9-12H,3-8H2,1-2H3. The van der Waals surface area contributed by atoms with Crippen LogP contribution in [0.5, 0.6) is 0 Å². The van der Waals surface area contributed by atoms with Gasteiger partial charge in [-0.25, -0.2) is 0 Å². The van der Waals surface area contributed by atoms with Gasteiger partial charge in [0.25, 0.3) is 0 Å². The van der Waals surface area contributed by atoms with Crippen LogP contribution in [0.4, 0.5) is 0 Å². The van der Waals surface area contributed by atoms with Gasteiger partial charge in [-0.15, -0.1) is 0 Å². The van der Waals surface area contributed by atoms with E-state index in [0.717, 1.165) is 12.8 Å². The van der Waals surface area contributed by atoms with Crippen molar-refractivity contribution in [3.05, 3.63) is 0 Å². The molecule has 0 saturated heterocycles. The van der Waals surface area contributed by atoms with Crippen molar-refractivity contribution in [2.24, 2.45) is 0 Å². The molecule has 0 unspecified atom stereocenters. The van der Waals surface area contributed by atoms with E-state index < -0.39 is 17.6 Å². The minimum atomic E-state index is -3.40. The van der Waals surface area contributed by atoms with Crippen molar-refractivity contribution in [2.75, 3.05) is 14.2 Å². The van der Waals surface area contributed by atoms with Crippen LogP contribution < -0.4 is 0 Å². The van der Waals surface area contributed by atoms with Crippen molar-refractivity contribution >= 4 is 17.6 Å². The zero-order valence-corrected chi connectivity index (χ0v) is 11.8. The van der Waals surface area contributed by atoms with Gasteiger partial charge in [-0.1, -0.05) is 12.8 Å². The zero-order valence-electron chi connectivity index (χ0n) is 9.85. The smallest absolute Gasteiger partial charge is 0.390 e. The maximum Gasteiger partial charge on any atom is 0.495 e. The summed E-state index contributed by atoms with van der Waals surface area (Å²) in [4.78, 5) is 36.9. The van der Waals surface area contributed by atoms with Crippen LogP contribution in [0.2, 0.25) is 12.1 Å². The maximum absolute atomic E-state index is 9.23. The Balaban J connectivity index is 3.42. The SMILES string of the molecule is CO[Si](O)(O)CCCCCC[Si](O)(O)OC. The molecule has 0 spiro atoms. The third kappa shape index (κ3) is 8.36. The van der Waals surface area contributed by atoms with Gasteiger partial charge >= 0.3 is 17.6 Å². The summed E-state index contributed by atoms with van der Waals surface area (Å²) in [6.07, 6.45) is 2.97. The second-order valence-electron chi connectivity index (χ2n) is 3.81. The lowest BCUT2D eigenvalue weighted by atomic mass is 10.2. The van der Waals surface area contributed by atoms with Crippen LogP contribution in [0.25, 0.3) is 0 Å².